The molecule has 2 nitrogen and oxygen atoms in total. The molecule has 112 valence electrons. The lowest BCUT2D eigenvalue weighted by molar-refractivity contribution is -0.274. The Morgan fingerprint density at radius 1 is 1.00 bits per heavy atom. The minimum absolute atomic E-state index is 0.271. The zero-order valence-corrected chi connectivity index (χ0v) is 12.1. The van der Waals surface area contributed by atoms with Crippen LogP contribution >= 0.6 is 15.9 Å². The normalized spacial score (nSPS) is 13.0. The standard InChI is InChI=1S/C14H10BrF4NO/c15-11-7-9(3-6-12(11)16)13(20)8-1-4-10(5-2-8)21-14(17,18)19/h1-7,13H,20H2. The fraction of sp³-hybridized carbons (Fsp3) is 0.143. The molecule has 0 saturated heterocycles. The van der Waals surface area contributed by atoms with Crippen LogP contribution in [-0.4, -0.2) is 6.36 Å². The first-order chi connectivity index (χ1) is 9.76. The lowest BCUT2D eigenvalue weighted by Crippen LogP contribution is -2.17. The monoisotopic (exact) mass is 363 g/mol. The Morgan fingerprint density at radius 2 is 1.57 bits per heavy atom. The van der Waals surface area contributed by atoms with E-state index in [9.17, 15) is 17.6 Å². The fourth-order valence-corrected chi connectivity index (χ4v) is 2.17. The second-order valence-corrected chi connectivity index (χ2v) is 5.12. The lowest BCUT2D eigenvalue weighted by atomic mass is 9.99. The van der Waals surface area contributed by atoms with Crippen molar-refractivity contribution >= 4 is 15.9 Å². The van der Waals surface area contributed by atoms with Gasteiger partial charge in [0.05, 0.1) is 10.5 Å². The van der Waals surface area contributed by atoms with Gasteiger partial charge in [0.1, 0.15) is 11.6 Å². The van der Waals surface area contributed by atoms with E-state index in [1.807, 2.05) is 0 Å². The molecule has 0 aliphatic rings. The summed E-state index contributed by atoms with van der Waals surface area (Å²) in [6.07, 6.45) is -4.73. The maximum absolute atomic E-state index is 13.2. The molecule has 0 spiro atoms. The van der Waals surface area contributed by atoms with Gasteiger partial charge in [-0.2, -0.15) is 0 Å². The van der Waals surface area contributed by atoms with Gasteiger partial charge >= 0.3 is 6.36 Å². The van der Waals surface area contributed by atoms with Crippen molar-refractivity contribution < 1.29 is 22.3 Å². The summed E-state index contributed by atoms with van der Waals surface area (Å²) >= 11 is 3.06. The summed E-state index contributed by atoms with van der Waals surface area (Å²) < 4.78 is 53.4. The summed E-state index contributed by atoms with van der Waals surface area (Å²) in [5.41, 5.74) is 7.22. The summed E-state index contributed by atoms with van der Waals surface area (Å²) in [5.74, 6) is -0.737. The van der Waals surface area contributed by atoms with Gasteiger partial charge in [0.25, 0.3) is 0 Å². The molecule has 2 aromatic carbocycles. The molecule has 0 aromatic heterocycles. The quantitative estimate of drug-likeness (QED) is 0.812. The highest BCUT2D eigenvalue weighted by molar-refractivity contribution is 9.10. The second-order valence-electron chi connectivity index (χ2n) is 4.27. The third-order valence-corrected chi connectivity index (χ3v) is 3.38. The van der Waals surface area contributed by atoms with Gasteiger partial charge < -0.3 is 10.5 Å². The SMILES string of the molecule is NC(c1ccc(OC(F)(F)F)cc1)c1ccc(F)c(Br)c1. The van der Waals surface area contributed by atoms with Gasteiger partial charge in [-0.1, -0.05) is 18.2 Å². The highest BCUT2D eigenvalue weighted by atomic mass is 79.9. The summed E-state index contributed by atoms with van der Waals surface area (Å²) in [6.45, 7) is 0. The maximum Gasteiger partial charge on any atom is 0.573 e. The van der Waals surface area contributed by atoms with E-state index in [2.05, 4.69) is 20.7 Å². The zero-order valence-electron chi connectivity index (χ0n) is 10.5. The Kier molecular flexibility index (Phi) is 4.53. The van der Waals surface area contributed by atoms with Crippen molar-refractivity contribution in [3.8, 4) is 5.75 Å². The van der Waals surface area contributed by atoms with Crippen LogP contribution in [0.15, 0.2) is 46.9 Å². The number of alkyl halides is 3. The molecule has 2 aromatic rings. The van der Waals surface area contributed by atoms with Crippen molar-refractivity contribution in [2.45, 2.75) is 12.4 Å². The van der Waals surface area contributed by atoms with Crippen molar-refractivity contribution in [3.05, 3.63) is 63.9 Å². The average Bonchev–Trinajstić information content (AvgIpc) is 2.40. The molecule has 0 heterocycles. The summed E-state index contributed by atoms with van der Waals surface area (Å²) in [4.78, 5) is 0. The molecule has 0 aliphatic heterocycles. The average molecular weight is 364 g/mol. The number of rotatable bonds is 3. The van der Waals surface area contributed by atoms with E-state index >= 15 is 0 Å². The molecule has 1 unspecified atom stereocenters. The molecule has 0 fully saturated rings. The summed E-state index contributed by atoms with van der Waals surface area (Å²) in [7, 11) is 0. The first-order valence-corrected chi connectivity index (χ1v) is 6.62. The Bertz CT molecular complexity index is 628. The van der Waals surface area contributed by atoms with Crippen LogP contribution in [-0.2, 0) is 0 Å². The van der Waals surface area contributed by atoms with Crippen molar-refractivity contribution in [2.75, 3.05) is 0 Å². The van der Waals surface area contributed by atoms with Crippen LogP contribution in [0, 0.1) is 5.82 Å². The summed E-state index contributed by atoms with van der Waals surface area (Å²) in [6, 6.07) is 8.96. The first-order valence-electron chi connectivity index (χ1n) is 5.82. The largest absolute Gasteiger partial charge is 0.573 e. The third-order valence-electron chi connectivity index (χ3n) is 2.78. The Hall–Kier alpha value is -1.60. The Morgan fingerprint density at radius 3 is 2.10 bits per heavy atom. The number of hydrogen-bond acceptors (Lipinski definition) is 2. The third kappa shape index (κ3) is 4.18. The second kappa shape index (κ2) is 6.03. The van der Waals surface area contributed by atoms with E-state index in [1.165, 1.54) is 42.5 Å². The summed E-state index contributed by atoms with van der Waals surface area (Å²) in [5, 5.41) is 0. The van der Waals surface area contributed by atoms with Crippen LogP contribution in [0.1, 0.15) is 17.2 Å². The van der Waals surface area contributed by atoms with Gasteiger partial charge in [0.15, 0.2) is 0 Å². The van der Waals surface area contributed by atoms with Crippen LogP contribution in [0.4, 0.5) is 17.6 Å². The van der Waals surface area contributed by atoms with E-state index in [1.54, 1.807) is 0 Å². The Labute approximate surface area is 126 Å². The van der Waals surface area contributed by atoms with E-state index in [-0.39, 0.29) is 10.2 Å². The molecule has 0 bridgehead atoms. The van der Waals surface area contributed by atoms with Crippen molar-refractivity contribution in [1.29, 1.82) is 0 Å². The zero-order chi connectivity index (χ0) is 15.6. The maximum atomic E-state index is 13.2. The number of ether oxygens (including phenoxy) is 1. The van der Waals surface area contributed by atoms with Gasteiger partial charge in [-0.15, -0.1) is 13.2 Å². The molecular formula is C14H10BrF4NO. The number of nitrogens with two attached hydrogens (primary N) is 1. The number of benzene rings is 2. The molecule has 0 aliphatic carbocycles. The van der Waals surface area contributed by atoms with Crippen LogP contribution in [0.2, 0.25) is 0 Å². The van der Waals surface area contributed by atoms with Gasteiger partial charge in [0.2, 0.25) is 0 Å². The van der Waals surface area contributed by atoms with Crippen LogP contribution in [0.3, 0.4) is 0 Å². The predicted octanol–water partition coefficient (Wildman–Crippen LogP) is 4.53. The smallest absolute Gasteiger partial charge is 0.406 e. The Balaban J connectivity index is 2.19. The highest BCUT2D eigenvalue weighted by Crippen LogP contribution is 2.27. The number of halogens is 5. The van der Waals surface area contributed by atoms with Crippen molar-refractivity contribution in [2.24, 2.45) is 5.73 Å². The van der Waals surface area contributed by atoms with Crippen molar-refractivity contribution in [1.82, 2.24) is 0 Å². The lowest BCUT2D eigenvalue weighted by Gasteiger charge is -2.14. The minimum atomic E-state index is -4.73. The van der Waals surface area contributed by atoms with Crippen LogP contribution in [0.25, 0.3) is 0 Å². The van der Waals surface area contributed by atoms with Gasteiger partial charge in [-0.25, -0.2) is 4.39 Å². The van der Waals surface area contributed by atoms with Gasteiger partial charge in [-0.3, -0.25) is 0 Å². The van der Waals surface area contributed by atoms with E-state index in [0.717, 1.165) is 0 Å². The van der Waals surface area contributed by atoms with Gasteiger partial charge in [-0.05, 0) is 51.3 Å². The molecule has 7 heteroatoms. The molecule has 2 rings (SSSR count). The van der Waals surface area contributed by atoms with Crippen molar-refractivity contribution in [3.63, 3.8) is 0 Å². The topological polar surface area (TPSA) is 35.2 Å². The van der Waals surface area contributed by atoms with E-state index in [4.69, 9.17) is 5.73 Å². The number of hydrogen-bond donors (Lipinski definition) is 1. The molecule has 1 atom stereocenters. The van der Waals surface area contributed by atoms with Gasteiger partial charge in [0, 0.05) is 0 Å². The van der Waals surface area contributed by atoms with Crippen LogP contribution in [0.5, 0.6) is 5.75 Å². The first kappa shape index (κ1) is 15.8. The fourth-order valence-electron chi connectivity index (χ4n) is 1.78. The van der Waals surface area contributed by atoms with E-state index in [0.29, 0.717) is 11.1 Å². The highest BCUT2D eigenvalue weighted by Gasteiger charge is 2.31. The molecule has 2 N–H and O–H groups in total. The van der Waals surface area contributed by atoms with Crippen LogP contribution < -0.4 is 10.5 Å². The molecule has 21 heavy (non-hydrogen) atoms. The molecule has 0 amide bonds. The predicted molar refractivity (Wildman–Crippen MR) is 73.3 cm³/mol. The minimum Gasteiger partial charge on any atom is -0.406 e. The molecular weight excluding hydrogens is 354 g/mol. The van der Waals surface area contributed by atoms with E-state index < -0.39 is 18.2 Å². The molecule has 0 radical (unpaired) electrons. The molecule has 0 saturated carbocycles.